The predicted molar refractivity (Wildman–Crippen MR) is 142 cm³/mol. The molecule has 1 amide bonds. The molecule has 0 spiro atoms. The summed E-state index contributed by atoms with van der Waals surface area (Å²) in [6.45, 7) is 2.96. The molecule has 0 aliphatic heterocycles. The van der Waals surface area contributed by atoms with Gasteiger partial charge in [0.05, 0.1) is 19.3 Å². The molecule has 192 valence electrons. The fraction of sp³-hybridized carbons (Fsp3) is 0.548. The number of methoxy groups -OCH3 is 1. The second-order valence-electron chi connectivity index (χ2n) is 11.3. The van der Waals surface area contributed by atoms with Crippen molar-refractivity contribution < 1.29 is 19.1 Å². The monoisotopic (exact) mass is 489 g/mol. The molecule has 0 heterocycles. The van der Waals surface area contributed by atoms with Crippen LogP contribution >= 0.6 is 0 Å². The second kappa shape index (κ2) is 10.7. The van der Waals surface area contributed by atoms with Crippen LogP contribution < -0.4 is 10.1 Å². The van der Waals surface area contributed by atoms with Crippen LogP contribution in [0.5, 0.6) is 5.75 Å². The second-order valence-corrected chi connectivity index (χ2v) is 11.3. The van der Waals surface area contributed by atoms with Crippen molar-refractivity contribution in [2.24, 2.45) is 17.8 Å². The van der Waals surface area contributed by atoms with Gasteiger partial charge in [-0.25, -0.2) is 4.79 Å². The zero-order valence-corrected chi connectivity index (χ0v) is 21.7. The highest BCUT2D eigenvalue weighted by atomic mass is 16.5. The van der Waals surface area contributed by atoms with E-state index in [1.54, 1.807) is 24.3 Å². The molecule has 5 heteroatoms. The molecule has 0 radical (unpaired) electrons. The highest BCUT2D eigenvalue weighted by Crippen LogP contribution is 2.62. The Hall–Kier alpha value is -2.82. The highest BCUT2D eigenvalue weighted by molar-refractivity contribution is 6.04. The van der Waals surface area contributed by atoms with Crippen LogP contribution in [0.15, 0.2) is 42.5 Å². The van der Waals surface area contributed by atoms with E-state index in [-0.39, 0.29) is 11.3 Å². The average molecular weight is 490 g/mol. The first-order valence-corrected chi connectivity index (χ1v) is 13.8. The van der Waals surface area contributed by atoms with Crippen LogP contribution in [0, 0.1) is 17.8 Å². The van der Waals surface area contributed by atoms with Crippen LogP contribution in [0.1, 0.15) is 97.4 Å². The summed E-state index contributed by atoms with van der Waals surface area (Å²) < 4.78 is 11.2. The number of unbranched alkanes of at least 4 members (excludes halogenated alkanes) is 3. The summed E-state index contributed by atoms with van der Waals surface area (Å²) >= 11 is 0. The maximum atomic E-state index is 13.3. The summed E-state index contributed by atoms with van der Waals surface area (Å²) in [6.07, 6.45) is 12.5. The molecular formula is C31H39NO4. The Morgan fingerprint density at radius 1 is 0.889 bits per heavy atom. The normalized spacial score (nSPS) is 26.0. The van der Waals surface area contributed by atoms with Gasteiger partial charge in [0.1, 0.15) is 5.75 Å². The van der Waals surface area contributed by atoms with Gasteiger partial charge >= 0.3 is 5.97 Å². The third-order valence-electron chi connectivity index (χ3n) is 8.67. The minimum atomic E-state index is -0.390. The van der Waals surface area contributed by atoms with E-state index in [9.17, 15) is 9.59 Å². The molecule has 6 rings (SSSR count). The first-order valence-electron chi connectivity index (χ1n) is 13.8. The van der Waals surface area contributed by atoms with E-state index in [1.807, 2.05) is 12.1 Å². The van der Waals surface area contributed by atoms with Gasteiger partial charge < -0.3 is 14.8 Å². The third-order valence-corrected chi connectivity index (χ3v) is 8.67. The molecule has 2 aromatic rings. The van der Waals surface area contributed by atoms with E-state index < -0.39 is 5.97 Å². The zero-order chi connectivity index (χ0) is 25.1. The Labute approximate surface area is 215 Å². The molecule has 1 N–H and O–H groups in total. The SMILES string of the molecule is CCCCCCOc1ccc(C(=O)Nc2ccc(C(=O)OC)cc2)cc1C12CC3CC(CC(C3)C1)C2. The van der Waals surface area contributed by atoms with Gasteiger partial charge in [-0.2, -0.15) is 0 Å². The molecule has 36 heavy (non-hydrogen) atoms. The van der Waals surface area contributed by atoms with E-state index in [4.69, 9.17) is 9.47 Å². The van der Waals surface area contributed by atoms with Gasteiger partial charge in [-0.15, -0.1) is 0 Å². The summed E-state index contributed by atoms with van der Waals surface area (Å²) in [7, 11) is 1.36. The number of esters is 1. The van der Waals surface area contributed by atoms with E-state index in [0.29, 0.717) is 16.8 Å². The lowest BCUT2D eigenvalue weighted by Gasteiger charge is -2.57. The van der Waals surface area contributed by atoms with Gasteiger partial charge in [-0.05, 0) is 111 Å². The fourth-order valence-electron chi connectivity index (χ4n) is 7.37. The standard InChI is InChI=1S/C31H39NO4/c1-3-4-5-6-13-36-28-12-9-25(29(33)32-26-10-7-24(8-11-26)30(34)35-2)17-27(28)31-18-21-14-22(19-31)16-23(15-21)20-31/h7-12,17,21-23H,3-6,13-16,18-20H2,1-2H3,(H,32,33). The molecule has 5 nitrogen and oxygen atoms in total. The topological polar surface area (TPSA) is 64.6 Å². The lowest BCUT2D eigenvalue weighted by Crippen LogP contribution is -2.48. The van der Waals surface area contributed by atoms with Crippen LogP contribution in [0.4, 0.5) is 5.69 Å². The van der Waals surface area contributed by atoms with Crippen molar-refractivity contribution in [1.82, 2.24) is 0 Å². The number of anilines is 1. The molecular weight excluding hydrogens is 450 g/mol. The molecule has 0 unspecified atom stereocenters. The Kier molecular flexibility index (Phi) is 7.36. The molecule has 4 bridgehead atoms. The van der Waals surface area contributed by atoms with Crippen molar-refractivity contribution in [2.45, 2.75) is 76.5 Å². The summed E-state index contributed by atoms with van der Waals surface area (Å²) in [5, 5.41) is 3.00. The van der Waals surface area contributed by atoms with Crippen LogP contribution in [0.3, 0.4) is 0 Å². The molecule has 4 saturated carbocycles. The summed E-state index contributed by atoms with van der Waals surface area (Å²) in [5.74, 6) is 2.91. The van der Waals surface area contributed by atoms with E-state index in [2.05, 4.69) is 18.3 Å². The predicted octanol–water partition coefficient (Wildman–Crippen LogP) is 7.15. The number of hydrogen-bond donors (Lipinski definition) is 1. The first-order chi connectivity index (χ1) is 17.5. The number of nitrogens with one attached hydrogen (secondary N) is 1. The lowest BCUT2D eigenvalue weighted by molar-refractivity contribution is -0.00641. The van der Waals surface area contributed by atoms with Gasteiger partial charge in [0.2, 0.25) is 0 Å². The van der Waals surface area contributed by atoms with Gasteiger partial charge in [0.15, 0.2) is 0 Å². The van der Waals surface area contributed by atoms with Crippen molar-refractivity contribution in [3.63, 3.8) is 0 Å². The van der Waals surface area contributed by atoms with Crippen LogP contribution in [-0.2, 0) is 10.2 Å². The van der Waals surface area contributed by atoms with Crippen LogP contribution in [-0.4, -0.2) is 25.6 Å². The smallest absolute Gasteiger partial charge is 0.337 e. The summed E-state index contributed by atoms with van der Waals surface area (Å²) in [5.41, 5.74) is 3.17. The molecule has 4 fully saturated rings. The Bertz CT molecular complexity index is 1050. The molecule has 0 aromatic heterocycles. The zero-order valence-electron chi connectivity index (χ0n) is 21.7. The van der Waals surface area contributed by atoms with E-state index in [0.717, 1.165) is 36.5 Å². The number of benzene rings is 2. The van der Waals surface area contributed by atoms with Crippen molar-refractivity contribution in [1.29, 1.82) is 0 Å². The first kappa shape index (κ1) is 24.9. The van der Waals surface area contributed by atoms with Crippen molar-refractivity contribution in [3.05, 3.63) is 59.2 Å². The number of amides is 1. The van der Waals surface area contributed by atoms with Gasteiger partial charge in [0.25, 0.3) is 5.91 Å². The average Bonchev–Trinajstić information content (AvgIpc) is 2.88. The third kappa shape index (κ3) is 5.16. The Balaban J connectivity index is 1.38. The van der Waals surface area contributed by atoms with E-state index in [1.165, 1.54) is 70.5 Å². The van der Waals surface area contributed by atoms with Crippen molar-refractivity contribution >= 4 is 17.6 Å². The van der Waals surface area contributed by atoms with Gasteiger partial charge in [-0.3, -0.25) is 4.79 Å². The largest absolute Gasteiger partial charge is 0.493 e. The Morgan fingerprint density at radius 2 is 1.53 bits per heavy atom. The van der Waals surface area contributed by atoms with Crippen molar-refractivity contribution in [2.75, 3.05) is 19.0 Å². The van der Waals surface area contributed by atoms with Gasteiger partial charge in [-0.1, -0.05) is 26.2 Å². The lowest BCUT2D eigenvalue weighted by atomic mass is 9.48. The summed E-state index contributed by atoms with van der Waals surface area (Å²) in [6, 6.07) is 12.8. The number of carbonyl (C=O) groups is 2. The number of rotatable bonds is 10. The molecule has 2 aromatic carbocycles. The van der Waals surface area contributed by atoms with E-state index >= 15 is 0 Å². The van der Waals surface area contributed by atoms with Gasteiger partial charge in [0, 0.05) is 16.8 Å². The highest BCUT2D eigenvalue weighted by Gasteiger charge is 2.52. The minimum Gasteiger partial charge on any atom is -0.493 e. The quantitative estimate of drug-likeness (QED) is 0.284. The maximum Gasteiger partial charge on any atom is 0.337 e. The molecule has 0 atom stereocenters. The van der Waals surface area contributed by atoms with Crippen LogP contribution in [0.25, 0.3) is 0 Å². The molecule has 0 saturated heterocycles. The Morgan fingerprint density at radius 3 is 2.14 bits per heavy atom. The minimum absolute atomic E-state index is 0.138. The summed E-state index contributed by atoms with van der Waals surface area (Å²) in [4.78, 5) is 25.0. The maximum absolute atomic E-state index is 13.3. The fourth-order valence-corrected chi connectivity index (χ4v) is 7.37. The van der Waals surface area contributed by atoms with Crippen LogP contribution in [0.2, 0.25) is 0 Å². The number of carbonyl (C=O) groups excluding carboxylic acids is 2. The number of hydrogen-bond acceptors (Lipinski definition) is 4. The number of ether oxygens (including phenoxy) is 2. The van der Waals surface area contributed by atoms with Crippen molar-refractivity contribution in [3.8, 4) is 5.75 Å². The molecule has 4 aliphatic rings. The molecule has 4 aliphatic carbocycles.